The summed E-state index contributed by atoms with van der Waals surface area (Å²) in [6.45, 7) is 0.0567. The molecular weight excluding hydrogens is 434 g/mol. The number of imide groups is 1. The Hall–Kier alpha value is -4.33. The monoisotopic (exact) mass is 457 g/mol. The molecule has 1 atom stereocenters. The first-order chi connectivity index (χ1) is 16.6. The first kappa shape index (κ1) is 21.5. The van der Waals surface area contributed by atoms with E-state index in [1.54, 1.807) is 54.6 Å². The molecule has 1 fully saturated rings. The molecule has 34 heavy (non-hydrogen) atoms. The SMILES string of the molecule is O=C(CN1C(=O)NC(c2ccccc2)(c2ccccc2)C1=O)NCC1COc2ccccc2O1. The van der Waals surface area contributed by atoms with Crippen molar-refractivity contribution in [3.8, 4) is 11.5 Å². The molecule has 2 aliphatic heterocycles. The maximum atomic E-state index is 13.6. The molecule has 0 aromatic heterocycles. The van der Waals surface area contributed by atoms with Gasteiger partial charge in [-0.15, -0.1) is 0 Å². The van der Waals surface area contributed by atoms with Crippen molar-refractivity contribution in [1.82, 2.24) is 15.5 Å². The lowest BCUT2D eigenvalue weighted by atomic mass is 9.82. The molecular formula is C26H23N3O5. The lowest BCUT2D eigenvalue weighted by Crippen LogP contribution is -2.47. The standard InChI is InChI=1S/C26H23N3O5/c30-23(27-15-20-17-33-21-13-7-8-14-22(21)34-20)16-29-24(31)26(28-25(29)32,18-9-3-1-4-10-18)19-11-5-2-6-12-19/h1-14,20H,15-17H2,(H,27,30)(H,28,32). The number of urea groups is 1. The quantitative estimate of drug-likeness (QED) is 0.555. The lowest BCUT2D eigenvalue weighted by Gasteiger charge is -2.28. The summed E-state index contributed by atoms with van der Waals surface area (Å²) in [5.41, 5.74) is -0.160. The second-order valence-electron chi connectivity index (χ2n) is 8.11. The van der Waals surface area contributed by atoms with E-state index in [-0.39, 0.29) is 19.3 Å². The van der Waals surface area contributed by atoms with Gasteiger partial charge in [-0.3, -0.25) is 14.5 Å². The fourth-order valence-electron chi connectivity index (χ4n) is 4.24. The molecule has 8 nitrogen and oxygen atoms in total. The number of benzene rings is 3. The number of hydrogen-bond acceptors (Lipinski definition) is 5. The van der Waals surface area contributed by atoms with Crippen molar-refractivity contribution in [2.45, 2.75) is 11.6 Å². The van der Waals surface area contributed by atoms with Crippen LogP contribution in [0.15, 0.2) is 84.9 Å². The highest BCUT2D eigenvalue weighted by Gasteiger charge is 2.54. The highest BCUT2D eigenvalue weighted by molar-refractivity contribution is 6.11. The van der Waals surface area contributed by atoms with Gasteiger partial charge in [0.1, 0.15) is 19.3 Å². The zero-order chi connectivity index (χ0) is 23.5. The Labute approximate surface area is 196 Å². The van der Waals surface area contributed by atoms with Crippen LogP contribution >= 0.6 is 0 Å². The van der Waals surface area contributed by atoms with Gasteiger partial charge in [0, 0.05) is 0 Å². The summed E-state index contributed by atoms with van der Waals surface area (Å²) in [5.74, 6) is 0.291. The van der Waals surface area contributed by atoms with E-state index in [4.69, 9.17) is 9.47 Å². The number of para-hydroxylation sites is 2. The van der Waals surface area contributed by atoms with E-state index >= 15 is 0 Å². The van der Waals surface area contributed by atoms with Gasteiger partial charge in [0.2, 0.25) is 5.91 Å². The predicted octanol–water partition coefficient (Wildman–Crippen LogP) is 2.44. The van der Waals surface area contributed by atoms with Gasteiger partial charge in [-0.1, -0.05) is 72.8 Å². The van der Waals surface area contributed by atoms with Crippen molar-refractivity contribution < 1.29 is 23.9 Å². The Balaban J connectivity index is 1.30. The second-order valence-corrected chi connectivity index (χ2v) is 8.11. The summed E-state index contributed by atoms with van der Waals surface area (Å²) >= 11 is 0. The number of ether oxygens (including phenoxy) is 2. The lowest BCUT2D eigenvalue weighted by molar-refractivity contribution is -0.134. The van der Waals surface area contributed by atoms with Crippen LogP contribution in [0.4, 0.5) is 4.79 Å². The maximum Gasteiger partial charge on any atom is 0.326 e. The Kier molecular flexibility index (Phi) is 5.63. The fraction of sp³-hybridized carbons (Fsp3) is 0.192. The van der Waals surface area contributed by atoms with Gasteiger partial charge in [-0.05, 0) is 23.3 Å². The van der Waals surface area contributed by atoms with E-state index in [1.807, 2.05) is 30.3 Å². The zero-order valence-electron chi connectivity index (χ0n) is 18.3. The number of nitrogens with one attached hydrogen (secondary N) is 2. The summed E-state index contributed by atoms with van der Waals surface area (Å²) in [5, 5.41) is 5.57. The number of nitrogens with zero attached hydrogens (tertiary/aromatic N) is 1. The molecule has 0 aliphatic carbocycles. The zero-order valence-corrected chi connectivity index (χ0v) is 18.3. The first-order valence-corrected chi connectivity index (χ1v) is 11.0. The third-order valence-electron chi connectivity index (χ3n) is 5.92. The molecule has 5 rings (SSSR count). The molecule has 3 aromatic carbocycles. The van der Waals surface area contributed by atoms with Crippen molar-refractivity contribution in [2.75, 3.05) is 19.7 Å². The van der Waals surface area contributed by atoms with E-state index in [0.717, 1.165) is 4.90 Å². The van der Waals surface area contributed by atoms with Crippen molar-refractivity contribution in [2.24, 2.45) is 0 Å². The summed E-state index contributed by atoms with van der Waals surface area (Å²) in [7, 11) is 0. The van der Waals surface area contributed by atoms with Crippen molar-refractivity contribution in [3.05, 3.63) is 96.1 Å². The molecule has 2 heterocycles. The van der Waals surface area contributed by atoms with Gasteiger partial charge in [-0.2, -0.15) is 0 Å². The van der Waals surface area contributed by atoms with Gasteiger partial charge in [0.25, 0.3) is 5.91 Å². The molecule has 2 N–H and O–H groups in total. The van der Waals surface area contributed by atoms with Gasteiger partial charge in [-0.25, -0.2) is 4.79 Å². The highest BCUT2D eigenvalue weighted by Crippen LogP contribution is 2.36. The minimum atomic E-state index is -1.40. The molecule has 172 valence electrons. The van der Waals surface area contributed by atoms with Crippen LogP contribution in [0.1, 0.15) is 11.1 Å². The molecule has 3 aromatic rings. The minimum absolute atomic E-state index is 0.180. The molecule has 0 spiro atoms. The van der Waals surface area contributed by atoms with Crippen LogP contribution in [0, 0.1) is 0 Å². The first-order valence-electron chi connectivity index (χ1n) is 11.0. The van der Waals surface area contributed by atoms with Crippen LogP contribution in [0.2, 0.25) is 0 Å². The van der Waals surface area contributed by atoms with Gasteiger partial charge < -0.3 is 20.1 Å². The van der Waals surface area contributed by atoms with E-state index in [9.17, 15) is 14.4 Å². The summed E-state index contributed by atoms with van der Waals surface area (Å²) in [6.07, 6.45) is -0.380. The van der Waals surface area contributed by atoms with E-state index < -0.39 is 29.9 Å². The topological polar surface area (TPSA) is 97.0 Å². The van der Waals surface area contributed by atoms with Crippen molar-refractivity contribution >= 4 is 17.8 Å². The van der Waals surface area contributed by atoms with Gasteiger partial charge in [0.15, 0.2) is 17.0 Å². The molecule has 2 aliphatic rings. The minimum Gasteiger partial charge on any atom is -0.486 e. The third kappa shape index (κ3) is 3.83. The number of rotatable bonds is 6. The number of carbonyl (C=O) groups excluding carboxylic acids is 3. The summed E-state index contributed by atoms with van der Waals surface area (Å²) in [6, 6.07) is 24.7. The average molecular weight is 457 g/mol. The average Bonchev–Trinajstić information content (AvgIpc) is 3.14. The Morgan fingerprint density at radius 1 is 0.912 bits per heavy atom. The van der Waals surface area contributed by atoms with E-state index in [2.05, 4.69) is 10.6 Å². The second kappa shape index (κ2) is 8.90. The third-order valence-corrected chi connectivity index (χ3v) is 5.92. The largest absolute Gasteiger partial charge is 0.486 e. The molecule has 0 saturated carbocycles. The number of hydrogen-bond donors (Lipinski definition) is 2. The van der Waals surface area contributed by atoms with E-state index in [0.29, 0.717) is 22.6 Å². The van der Waals surface area contributed by atoms with Crippen LogP contribution in [-0.4, -0.2) is 48.5 Å². The molecule has 1 saturated heterocycles. The van der Waals surface area contributed by atoms with Crippen molar-refractivity contribution in [1.29, 1.82) is 0 Å². The number of carbonyl (C=O) groups is 3. The Morgan fingerprint density at radius 2 is 1.50 bits per heavy atom. The van der Waals surface area contributed by atoms with Crippen molar-refractivity contribution in [3.63, 3.8) is 0 Å². The maximum absolute atomic E-state index is 13.6. The summed E-state index contributed by atoms with van der Waals surface area (Å²) in [4.78, 5) is 40.2. The highest BCUT2D eigenvalue weighted by atomic mass is 16.6. The molecule has 8 heteroatoms. The van der Waals surface area contributed by atoms with Gasteiger partial charge in [0.05, 0.1) is 6.54 Å². The molecule has 1 unspecified atom stereocenters. The molecule has 4 amide bonds. The number of amides is 4. The Bertz CT molecular complexity index is 1180. The number of fused-ring (bicyclic) bond motifs is 1. The van der Waals surface area contributed by atoms with E-state index in [1.165, 1.54) is 0 Å². The normalized spacial score (nSPS) is 18.4. The predicted molar refractivity (Wildman–Crippen MR) is 123 cm³/mol. The fourth-order valence-corrected chi connectivity index (χ4v) is 4.24. The van der Waals surface area contributed by atoms with Crippen LogP contribution in [0.25, 0.3) is 0 Å². The van der Waals surface area contributed by atoms with Crippen LogP contribution < -0.4 is 20.1 Å². The Morgan fingerprint density at radius 3 is 2.15 bits per heavy atom. The van der Waals surface area contributed by atoms with Crippen LogP contribution in [0.3, 0.4) is 0 Å². The molecule has 0 bridgehead atoms. The molecule has 0 radical (unpaired) electrons. The van der Waals surface area contributed by atoms with Crippen LogP contribution in [-0.2, 0) is 15.1 Å². The van der Waals surface area contributed by atoms with Crippen LogP contribution in [0.5, 0.6) is 11.5 Å². The summed E-state index contributed by atoms with van der Waals surface area (Å²) < 4.78 is 11.5. The van der Waals surface area contributed by atoms with Gasteiger partial charge >= 0.3 is 6.03 Å². The smallest absolute Gasteiger partial charge is 0.326 e.